The fourth-order valence-electron chi connectivity index (χ4n) is 5.87. The Hall–Kier alpha value is -1.66. The molecule has 3 aliphatic heterocycles. The Morgan fingerprint density at radius 2 is 1.86 bits per heavy atom. The molecule has 4 heterocycles. The summed E-state index contributed by atoms with van der Waals surface area (Å²) >= 11 is 2.45. The van der Waals surface area contributed by atoms with Crippen LogP contribution < -0.4 is 5.32 Å². The number of alkyl halides is 1. The minimum atomic E-state index is -0.763. The van der Waals surface area contributed by atoms with Gasteiger partial charge in [-0.1, -0.05) is 43.4 Å². The number of nitrogens with zero attached hydrogens (tertiary/aromatic N) is 3. The first-order valence-electron chi connectivity index (χ1n) is 13.6. The molecule has 1 aromatic rings. The lowest BCUT2D eigenvalue weighted by atomic mass is 9.98. The quantitative estimate of drug-likeness (QED) is 0.352. The van der Waals surface area contributed by atoms with Crippen molar-refractivity contribution in [2.45, 2.75) is 62.6 Å². The van der Waals surface area contributed by atoms with E-state index in [-0.39, 0.29) is 41.9 Å². The van der Waals surface area contributed by atoms with Gasteiger partial charge in [0.2, 0.25) is 11.8 Å². The van der Waals surface area contributed by atoms with Crippen molar-refractivity contribution in [1.29, 1.82) is 0 Å². The number of nitrogens with one attached hydrogen (secondary N) is 1. The molecule has 0 spiro atoms. The van der Waals surface area contributed by atoms with Gasteiger partial charge in [-0.25, -0.2) is 0 Å². The Bertz CT molecular complexity index is 918. The lowest BCUT2D eigenvalue weighted by Gasteiger charge is -2.46. The van der Waals surface area contributed by atoms with Crippen LogP contribution in [0.25, 0.3) is 0 Å². The van der Waals surface area contributed by atoms with E-state index in [2.05, 4.69) is 39.7 Å². The molecule has 0 saturated carbocycles. The van der Waals surface area contributed by atoms with Gasteiger partial charge < -0.3 is 24.3 Å². The molecular weight excluding hydrogens is 587 g/mol. The van der Waals surface area contributed by atoms with Gasteiger partial charge >= 0.3 is 0 Å². The van der Waals surface area contributed by atoms with Crippen LogP contribution in [0.2, 0.25) is 0 Å². The predicted molar refractivity (Wildman–Crippen MR) is 148 cm³/mol. The second-order valence-electron chi connectivity index (χ2n) is 11.3. The molecule has 3 aliphatic rings. The average Bonchev–Trinajstić information content (AvgIpc) is 3.31. The molecule has 9 nitrogen and oxygen atoms in total. The molecule has 10 heteroatoms. The molecule has 0 aliphatic carbocycles. The number of fused-ring (bicyclic) bond motifs is 1. The van der Waals surface area contributed by atoms with Crippen LogP contribution in [0.4, 0.5) is 0 Å². The normalized spacial score (nSPS) is 26.6. The molecule has 2 unspecified atom stereocenters. The number of carbonyl (C=O) groups excluding carboxylic acids is 3. The van der Waals surface area contributed by atoms with Crippen LogP contribution in [0.3, 0.4) is 0 Å². The van der Waals surface area contributed by atoms with Gasteiger partial charge in [-0.15, -0.1) is 0 Å². The summed E-state index contributed by atoms with van der Waals surface area (Å²) in [5, 5.41) is 2.93. The fraction of sp³-hybridized carbons (Fsp3) is 0.741. The van der Waals surface area contributed by atoms with E-state index in [0.29, 0.717) is 29.4 Å². The molecular formula is C27H41IN4O5. The van der Waals surface area contributed by atoms with Crippen molar-refractivity contribution in [3.8, 4) is 0 Å². The third-order valence-corrected chi connectivity index (χ3v) is 8.02. The first-order valence-corrected chi connectivity index (χ1v) is 14.8. The van der Waals surface area contributed by atoms with Crippen LogP contribution in [-0.4, -0.2) is 94.5 Å². The summed E-state index contributed by atoms with van der Waals surface area (Å²) in [7, 11) is 0. The van der Waals surface area contributed by atoms with Crippen molar-refractivity contribution < 1.29 is 23.5 Å². The van der Waals surface area contributed by atoms with E-state index in [1.807, 2.05) is 18.7 Å². The van der Waals surface area contributed by atoms with Gasteiger partial charge in [0.15, 0.2) is 5.76 Å². The summed E-state index contributed by atoms with van der Waals surface area (Å²) < 4.78 is 11.5. The summed E-state index contributed by atoms with van der Waals surface area (Å²) in [4.78, 5) is 46.2. The number of halogens is 1. The molecule has 0 bridgehead atoms. The Morgan fingerprint density at radius 1 is 1.11 bits per heavy atom. The first kappa shape index (κ1) is 28.4. The zero-order chi connectivity index (χ0) is 26.5. The van der Waals surface area contributed by atoms with Gasteiger partial charge in [-0.05, 0) is 49.1 Å². The van der Waals surface area contributed by atoms with Gasteiger partial charge in [-0.3, -0.25) is 19.3 Å². The van der Waals surface area contributed by atoms with Gasteiger partial charge in [0.25, 0.3) is 5.91 Å². The number of furan rings is 1. The second kappa shape index (κ2) is 12.9. The summed E-state index contributed by atoms with van der Waals surface area (Å²) in [6.07, 6.45) is 4.49. The highest BCUT2D eigenvalue weighted by atomic mass is 127. The van der Waals surface area contributed by atoms with Crippen molar-refractivity contribution in [3.05, 3.63) is 24.2 Å². The topological polar surface area (TPSA) is 95.3 Å². The van der Waals surface area contributed by atoms with Crippen molar-refractivity contribution in [2.24, 2.45) is 17.8 Å². The molecule has 3 amide bonds. The van der Waals surface area contributed by atoms with E-state index >= 15 is 0 Å². The number of hydrogen-bond donors (Lipinski definition) is 1. The minimum absolute atomic E-state index is 0.0929. The second-order valence-corrected chi connectivity index (χ2v) is 13.4. The maximum atomic E-state index is 13.8. The Labute approximate surface area is 233 Å². The summed E-state index contributed by atoms with van der Waals surface area (Å²) in [6, 6.07) is 2.60. The standard InChI is InChI=1S/C27H41IN4O5/c1-18(2)11-24(33)29-22-16-32(27(35)23-5-4-8-37-23)25-17-30(13-20-6-9-36-10-7-20)14-21(12-19(3)28)15-31(25)26(22)34/h4-5,8,18-22,25H,6-7,9-17H2,1-3H3,(H,29,33)/t19?,21-,22-,25?/m0/s1. The van der Waals surface area contributed by atoms with Gasteiger partial charge in [0, 0.05) is 49.7 Å². The third kappa shape index (κ3) is 7.47. The smallest absolute Gasteiger partial charge is 0.291 e. The maximum absolute atomic E-state index is 13.8. The van der Waals surface area contributed by atoms with Crippen LogP contribution >= 0.6 is 22.6 Å². The van der Waals surface area contributed by atoms with Crippen molar-refractivity contribution in [3.63, 3.8) is 0 Å². The monoisotopic (exact) mass is 628 g/mol. The first-order chi connectivity index (χ1) is 17.7. The fourth-order valence-corrected chi connectivity index (χ4v) is 6.59. The van der Waals surface area contributed by atoms with Crippen LogP contribution in [0.1, 0.15) is 57.0 Å². The van der Waals surface area contributed by atoms with Crippen LogP contribution in [-0.2, 0) is 14.3 Å². The largest absolute Gasteiger partial charge is 0.459 e. The van der Waals surface area contributed by atoms with E-state index in [0.717, 1.165) is 45.6 Å². The Balaban J connectivity index is 1.62. The Morgan fingerprint density at radius 3 is 2.51 bits per heavy atom. The van der Waals surface area contributed by atoms with E-state index in [1.54, 1.807) is 17.0 Å². The maximum Gasteiger partial charge on any atom is 0.291 e. The SMILES string of the molecule is CC(C)CC(=O)N[C@H]1CN(C(=O)c2ccco2)C2CN(CC3CCOCC3)C[C@H](CC(C)I)CN2C1=O. The molecule has 0 aromatic carbocycles. The third-order valence-electron chi connectivity index (χ3n) is 7.51. The number of ether oxygens (including phenoxy) is 1. The lowest BCUT2D eigenvalue weighted by molar-refractivity contribution is -0.148. The lowest BCUT2D eigenvalue weighted by Crippen LogP contribution is -2.68. The molecule has 37 heavy (non-hydrogen) atoms. The zero-order valence-corrected chi connectivity index (χ0v) is 24.4. The molecule has 1 N–H and O–H groups in total. The van der Waals surface area contributed by atoms with Crippen molar-refractivity contribution in [2.75, 3.05) is 45.9 Å². The van der Waals surface area contributed by atoms with E-state index in [9.17, 15) is 14.4 Å². The molecule has 3 fully saturated rings. The minimum Gasteiger partial charge on any atom is -0.459 e. The van der Waals surface area contributed by atoms with Crippen molar-refractivity contribution >= 4 is 40.3 Å². The molecule has 1 aromatic heterocycles. The van der Waals surface area contributed by atoms with Crippen molar-refractivity contribution in [1.82, 2.24) is 20.0 Å². The highest BCUT2D eigenvalue weighted by Gasteiger charge is 2.46. The molecule has 0 radical (unpaired) electrons. The van der Waals surface area contributed by atoms with Gasteiger partial charge in [0.05, 0.1) is 12.8 Å². The predicted octanol–water partition coefficient (Wildman–Crippen LogP) is 2.99. The summed E-state index contributed by atoms with van der Waals surface area (Å²) in [5.41, 5.74) is 0. The van der Waals surface area contributed by atoms with Gasteiger partial charge in [-0.2, -0.15) is 0 Å². The van der Waals surface area contributed by atoms with Crippen LogP contribution in [0, 0.1) is 17.8 Å². The highest BCUT2D eigenvalue weighted by Crippen LogP contribution is 2.29. The number of hydrogen-bond acceptors (Lipinski definition) is 6. The molecule has 4 atom stereocenters. The summed E-state index contributed by atoms with van der Waals surface area (Å²) in [5.74, 6) is 0.761. The molecule has 206 valence electrons. The highest BCUT2D eigenvalue weighted by molar-refractivity contribution is 14.1. The van der Waals surface area contributed by atoms with E-state index < -0.39 is 12.2 Å². The van der Waals surface area contributed by atoms with Crippen LogP contribution in [0.5, 0.6) is 0 Å². The van der Waals surface area contributed by atoms with E-state index in [4.69, 9.17) is 9.15 Å². The Kier molecular flexibility index (Phi) is 9.90. The zero-order valence-electron chi connectivity index (χ0n) is 22.2. The van der Waals surface area contributed by atoms with Gasteiger partial charge in [0.1, 0.15) is 12.2 Å². The van der Waals surface area contributed by atoms with Crippen LogP contribution in [0.15, 0.2) is 22.8 Å². The summed E-state index contributed by atoms with van der Waals surface area (Å²) in [6.45, 7) is 10.9. The molecule has 4 rings (SSSR count). The average molecular weight is 629 g/mol. The number of rotatable bonds is 8. The molecule has 3 saturated heterocycles. The van der Waals surface area contributed by atoms with E-state index in [1.165, 1.54) is 6.26 Å². The number of amides is 3. The number of carbonyl (C=O) groups is 3.